The third-order valence-corrected chi connectivity index (χ3v) is 3.78. The first-order valence-corrected chi connectivity index (χ1v) is 8.54. The summed E-state index contributed by atoms with van der Waals surface area (Å²) < 4.78 is 5.53. The highest BCUT2D eigenvalue weighted by atomic mass is 35.5. The molecule has 26 heavy (non-hydrogen) atoms. The van der Waals surface area contributed by atoms with Crippen molar-refractivity contribution < 1.29 is 9.53 Å². The number of nitrogens with zero attached hydrogens (tertiary/aromatic N) is 1. The number of pyridine rings is 1. The first-order valence-electron chi connectivity index (χ1n) is 8.16. The third kappa shape index (κ3) is 4.52. The Morgan fingerprint density at radius 2 is 1.92 bits per heavy atom. The second kappa shape index (κ2) is 8.36. The molecule has 1 amide bonds. The lowest BCUT2D eigenvalue weighted by Crippen LogP contribution is -2.13. The summed E-state index contributed by atoms with van der Waals surface area (Å²) in [6.07, 6.45) is 3.16. The van der Waals surface area contributed by atoms with Crippen LogP contribution in [0.2, 0.25) is 5.02 Å². The van der Waals surface area contributed by atoms with Gasteiger partial charge >= 0.3 is 0 Å². The first kappa shape index (κ1) is 17.8. The minimum absolute atomic E-state index is 0.264. The molecule has 0 radical (unpaired) electrons. The van der Waals surface area contributed by atoms with E-state index in [0.29, 0.717) is 34.3 Å². The molecule has 1 aromatic heterocycles. The largest absolute Gasteiger partial charge is 0.492 e. The average molecular weight is 368 g/mol. The number of hydrogen-bond donors (Lipinski definition) is 2. The maximum atomic E-state index is 12.6. The minimum atomic E-state index is -0.264. The fourth-order valence-electron chi connectivity index (χ4n) is 2.41. The van der Waals surface area contributed by atoms with E-state index in [9.17, 15) is 4.79 Å². The number of rotatable bonds is 6. The van der Waals surface area contributed by atoms with Gasteiger partial charge in [0.15, 0.2) is 0 Å². The summed E-state index contributed by atoms with van der Waals surface area (Å²) in [5, 5.41) is 6.67. The highest BCUT2D eigenvalue weighted by molar-refractivity contribution is 6.30. The molecule has 0 saturated carbocycles. The molecule has 0 fully saturated rings. The summed E-state index contributed by atoms with van der Waals surface area (Å²) in [6.45, 7) is 2.42. The van der Waals surface area contributed by atoms with Crippen molar-refractivity contribution in [3.63, 3.8) is 0 Å². The summed E-state index contributed by atoms with van der Waals surface area (Å²) in [7, 11) is 0. The maximum absolute atomic E-state index is 12.6. The molecule has 0 saturated heterocycles. The number of nitrogens with one attached hydrogen (secondary N) is 2. The molecule has 1 heterocycles. The molecule has 2 N–H and O–H groups in total. The van der Waals surface area contributed by atoms with E-state index in [2.05, 4.69) is 15.6 Å². The molecular weight excluding hydrogens is 350 g/mol. The Morgan fingerprint density at radius 3 is 2.73 bits per heavy atom. The van der Waals surface area contributed by atoms with Gasteiger partial charge in [-0.05, 0) is 43.3 Å². The Hall–Kier alpha value is -3.05. The summed E-state index contributed by atoms with van der Waals surface area (Å²) in [6, 6.07) is 16.4. The van der Waals surface area contributed by atoms with Crippen molar-refractivity contribution in [2.24, 2.45) is 0 Å². The number of anilines is 3. The predicted octanol–water partition coefficient (Wildman–Crippen LogP) is 5.13. The van der Waals surface area contributed by atoms with E-state index in [4.69, 9.17) is 16.3 Å². The van der Waals surface area contributed by atoms with Gasteiger partial charge in [-0.1, -0.05) is 29.8 Å². The number of benzene rings is 2. The molecule has 0 aliphatic heterocycles. The van der Waals surface area contributed by atoms with Crippen molar-refractivity contribution in [3.05, 3.63) is 77.6 Å². The SMILES string of the molecule is CCOc1ccccc1NC(=O)c1cncc(Nc2cccc(Cl)c2)c1. The van der Waals surface area contributed by atoms with Crippen molar-refractivity contribution in [1.82, 2.24) is 4.98 Å². The van der Waals surface area contributed by atoms with Crippen molar-refractivity contribution >= 4 is 34.6 Å². The molecule has 0 aliphatic carbocycles. The van der Waals surface area contributed by atoms with E-state index in [1.54, 1.807) is 30.5 Å². The van der Waals surface area contributed by atoms with Gasteiger partial charge in [-0.3, -0.25) is 9.78 Å². The summed E-state index contributed by atoms with van der Waals surface area (Å²) >= 11 is 5.99. The molecule has 3 rings (SSSR count). The lowest BCUT2D eigenvalue weighted by Gasteiger charge is -2.12. The van der Waals surface area contributed by atoms with Gasteiger partial charge in [-0.2, -0.15) is 0 Å². The summed E-state index contributed by atoms with van der Waals surface area (Å²) in [5.41, 5.74) is 2.56. The Balaban J connectivity index is 1.76. The number of para-hydroxylation sites is 2. The standard InChI is InChI=1S/C20H18ClN3O2/c1-2-26-19-9-4-3-8-18(19)24-20(25)14-10-17(13-22-12-14)23-16-7-5-6-15(21)11-16/h3-13,23H,2H2,1H3,(H,24,25). The van der Waals surface area contributed by atoms with Crippen molar-refractivity contribution in [2.75, 3.05) is 17.2 Å². The lowest BCUT2D eigenvalue weighted by atomic mass is 10.2. The minimum Gasteiger partial charge on any atom is -0.492 e. The zero-order valence-electron chi connectivity index (χ0n) is 14.2. The topological polar surface area (TPSA) is 63.2 Å². The van der Waals surface area contributed by atoms with Crippen molar-refractivity contribution in [3.8, 4) is 5.75 Å². The van der Waals surface area contributed by atoms with E-state index in [1.807, 2.05) is 37.3 Å². The Bertz CT molecular complexity index is 915. The normalized spacial score (nSPS) is 10.2. The van der Waals surface area contributed by atoms with Gasteiger partial charge in [0.2, 0.25) is 0 Å². The van der Waals surface area contributed by atoms with E-state index >= 15 is 0 Å². The Morgan fingerprint density at radius 1 is 1.08 bits per heavy atom. The molecule has 6 heteroatoms. The second-order valence-electron chi connectivity index (χ2n) is 5.48. The molecule has 0 aliphatic rings. The fourth-order valence-corrected chi connectivity index (χ4v) is 2.60. The van der Waals surface area contributed by atoms with Crippen LogP contribution in [0.25, 0.3) is 0 Å². The monoisotopic (exact) mass is 367 g/mol. The first-order chi connectivity index (χ1) is 12.7. The summed E-state index contributed by atoms with van der Waals surface area (Å²) in [4.78, 5) is 16.7. The number of carbonyl (C=O) groups excluding carboxylic acids is 1. The number of aromatic nitrogens is 1. The van der Waals surface area contributed by atoms with Crippen LogP contribution in [0.1, 0.15) is 17.3 Å². The highest BCUT2D eigenvalue weighted by Gasteiger charge is 2.11. The molecule has 0 atom stereocenters. The van der Waals surface area contributed by atoms with Gasteiger partial charge in [-0.15, -0.1) is 0 Å². The fraction of sp³-hybridized carbons (Fsp3) is 0.100. The second-order valence-corrected chi connectivity index (χ2v) is 5.92. The van der Waals surface area contributed by atoms with Gasteiger partial charge in [0.05, 0.1) is 29.7 Å². The van der Waals surface area contributed by atoms with Crippen LogP contribution in [0.15, 0.2) is 67.0 Å². The third-order valence-electron chi connectivity index (χ3n) is 3.55. The average Bonchev–Trinajstić information content (AvgIpc) is 2.64. The van der Waals surface area contributed by atoms with Crippen LogP contribution in [0, 0.1) is 0 Å². The molecule has 5 nitrogen and oxygen atoms in total. The molecule has 0 spiro atoms. The van der Waals surface area contributed by atoms with Crippen LogP contribution < -0.4 is 15.4 Å². The molecular formula is C20H18ClN3O2. The molecule has 3 aromatic rings. The predicted molar refractivity (Wildman–Crippen MR) is 105 cm³/mol. The molecule has 2 aromatic carbocycles. The maximum Gasteiger partial charge on any atom is 0.257 e. The van der Waals surface area contributed by atoms with Gasteiger partial charge < -0.3 is 15.4 Å². The zero-order chi connectivity index (χ0) is 18.4. The highest BCUT2D eigenvalue weighted by Crippen LogP contribution is 2.25. The summed E-state index contributed by atoms with van der Waals surface area (Å²) in [5.74, 6) is 0.365. The molecule has 0 bridgehead atoms. The number of halogens is 1. The number of ether oxygens (including phenoxy) is 1. The van der Waals surface area contributed by atoms with Gasteiger partial charge in [-0.25, -0.2) is 0 Å². The Labute approximate surface area is 157 Å². The molecule has 0 unspecified atom stereocenters. The van der Waals surface area contributed by atoms with Crippen LogP contribution in [0.5, 0.6) is 5.75 Å². The quantitative estimate of drug-likeness (QED) is 0.634. The zero-order valence-corrected chi connectivity index (χ0v) is 15.0. The van der Waals surface area contributed by atoms with E-state index in [0.717, 1.165) is 5.69 Å². The van der Waals surface area contributed by atoms with Crippen molar-refractivity contribution in [1.29, 1.82) is 0 Å². The number of carbonyl (C=O) groups is 1. The van der Waals surface area contributed by atoms with E-state index in [1.165, 1.54) is 6.20 Å². The van der Waals surface area contributed by atoms with E-state index in [-0.39, 0.29) is 5.91 Å². The van der Waals surface area contributed by atoms with Crippen LogP contribution >= 0.6 is 11.6 Å². The van der Waals surface area contributed by atoms with Crippen LogP contribution in [-0.2, 0) is 0 Å². The van der Waals surface area contributed by atoms with Gasteiger partial charge in [0.1, 0.15) is 5.75 Å². The lowest BCUT2D eigenvalue weighted by molar-refractivity contribution is 0.102. The van der Waals surface area contributed by atoms with E-state index < -0.39 is 0 Å². The van der Waals surface area contributed by atoms with Crippen molar-refractivity contribution in [2.45, 2.75) is 6.92 Å². The number of amides is 1. The molecule has 132 valence electrons. The smallest absolute Gasteiger partial charge is 0.257 e. The van der Waals surface area contributed by atoms with Gasteiger partial charge in [0, 0.05) is 16.9 Å². The number of hydrogen-bond acceptors (Lipinski definition) is 4. The van der Waals surface area contributed by atoms with Crippen LogP contribution in [0.3, 0.4) is 0 Å². The van der Waals surface area contributed by atoms with Gasteiger partial charge in [0.25, 0.3) is 5.91 Å². The van der Waals surface area contributed by atoms with Crippen LogP contribution in [-0.4, -0.2) is 17.5 Å². The van der Waals surface area contributed by atoms with Crippen LogP contribution in [0.4, 0.5) is 17.1 Å². The Kier molecular flexibility index (Phi) is 5.71.